The van der Waals surface area contributed by atoms with E-state index in [4.69, 9.17) is 16.0 Å². The van der Waals surface area contributed by atoms with Crippen LogP contribution in [0.4, 0.5) is 5.69 Å². The van der Waals surface area contributed by atoms with E-state index in [0.717, 1.165) is 0 Å². The standard InChI is InChI=1S/C19H16ClNO4S/c1-13-16(20)8-5-9-17(13)21-19(22)18-14(10-11-25-18)12-26(23,24)15-6-3-2-4-7-15/h2-11H,12H2,1H3,(H,21,22). The number of benzene rings is 2. The number of nitrogens with one attached hydrogen (secondary N) is 1. The number of hydrogen-bond acceptors (Lipinski definition) is 4. The fourth-order valence-corrected chi connectivity index (χ4v) is 4.04. The van der Waals surface area contributed by atoms with Crippen LogP contribution in [0.25, 0.3) is 0 Å². The van der Waals surface area contributed by atoms with Gasteiger partial charge in [0.1, 0.15) is 0 Å². The van der Waals surface area contributed by atoms with Crippen LogP contribution in [-0.4, -0.2) is 14.3 Å². The molecule has 1 N–H and O–H groups in total. The van der Waals surface area contributed by atoms with Crippen molar-refractivity contribution in [3.8, 4) is 0 Å². The molecule has 3 aromatic rings. The second-order valence-corrected chi connectivity index (χ2v) is 8.11. The lowest BCUT2D eigenvalue weighted by molar-refractivity contribution is 0.0995. The molecule has 3 rings (SSSR count). The van der Waals surface area contributed by atoms with Gasteiger partial charge in [-0.05, 0) is 42.8 Å². The summed E-state index contributed by atoms with van der Waals surface area (Å²) in [6.07, 6.45) is 1.30. The van der Waals surface area contributed by atoms with Gasteiger partial charge in [0.2, 0.25) is 0 Å². The highest BCUT2D eigenvalue weighted by Crippen LogP contribution is 2.25. The van der Waals surface area contributed by atoms with Crippen molar-refractivity contribution in [2.24, 2.45) is 0 Å². The van der Waals surface area contributed by atoms with E-state index in [-0.39, 0.29) is 16.4 Å². The lowest BCUT2D eigenvalue weighted by Crippen LogP contribution is -2.15. The van der Waals surface area contributed by atoms with Gasteiger partial charge in [-0.25, -0.2) is 8.42 Å². The van der Waals surface area contributed by atoms with Gasteiger partial charge in [0, 0.05) is 16.3 Å². The number of halogens is 1. The van der Waals surface area contributed by atoms with E-state index >= 15 is 0 Å². The minimum atomic E-state index is -3.59. The van der Waals surface area contributed by atoms with Gasteiger partial charge in [-0.3, -0.25) is 4.79 Å². The Morgan fingerprint density at radius 2 is 1.81 bits per heavy atom. The van der Waals surface area contributed by atoms with Gasteiger partial charge in [-0.2, -0.15) is 0 Å². The van der Waals surface area contributed by atoms with Crippen molar-refractivity contribution >= 4 is 33.0 Å². The highest BCUT2D eigenvalue weighted by Gasteiger charge is 2.23. The van der Waals surface area contributed by atoms with Crippen LogP contribution in [0, 0.1) is 6.92 Å². The predicted octanol–water partition coefficient (Wildman–Crippen LogP) is 4.47. The van der Waals surface area contributed by atoms with Gasteiger partial charge < -0.3 is 9.73 Å². The zero-order chi connectivity index (χ0) is 18.7. The molecule has 1 aromatic heterocycles. The molecule has 7 heteroatoms. The van der Waals surface area contributed by atoms with E-state index in [1.165, 1.54) is 24.5 Å². The molecule has 0 spiro atoms. The number of anilines is 1. The van der Waals surface area contributed by atoms with E-state index in [9.17, 15) is 13.2 Å². The summed E-state index contributed by atoms with van der Waals surface area (Å²) in [6, 6.07) is 14.7. The largest absolute Gasteiger partial charge is 0.459 e. The lowest BCUT2D eigenvalue weighted by Gasteiger charge is -2.09. The van der Waals surface area contributed by atoms with E-state index in [0.29, 0.717) is 21.8 Å². The summed E-state index contributed by atoms with van der Waals surface area (Å²) in [7, 11) is -3.59. The lowest BCUT2D eigenvalue weighted by atomic mass is 10.2. The van der Waals surface area contributed by atoms with Crippen LogP contribution in [-0.2, 0) is 15.6 Å². The predicted molar refractivity (Wildman–Crippen MR) is 100 cm³/mol. The second-order valence-electron chi connectivity index (χ2n) is 5.71. The maximum absolute atomic E-state index is 12.5. The fraction of sp³-hybridized carbons (Fsp3) is 0.105. The minimum Gasteiger partial charge on any atom is -0.459 e. The Morgan fingerprint density at radius 3 is 2.54 bits per heavy atom. The van der Waals surface area contributed by atoms with Crippen molar-refractivity contribution in [3.05, 3.63) is 82.8 Å². The summed E-state index contributed by atoms with van der Waals surface area (Å²) in [4.78, 5) is 12.7. The Balaban J connectivity index is 1.84. The number of carbonyl (C=O) groups excluding carboxylic acids is 1. The molecule has 0 bridgehead atoms. The Labute approximate surface area is 156 Å². The van der Waals surface area contributed by atoms with Gasteiger partial charge in [0.25, 0.3) is 5.91 Å². The van der Waals surface area contributed by atoms with Gasteiger partial charge in [0.05, 0.1) is 16.9 Å². The zero-order valence-corrected chi connectivity index (χ0v) is 15.5. The molecule has 0 aliphatic carbocycles. The van der Waals surface area contributed by atoms with Crippen LogP contribution < -0.4 is 5.32 Å². The van der Waals surface area contributed by atoms with Crippen molar-refractivity contribution in [1.82, 2.24) is 0 Å². The van der Waals surface area contributed by atoms with Gasteiger partial charge in [-0.1, -0.05) is 35.9 Å². The van der Waals surface area contributed by atoms with Crippen LogP contribution in [0.1, 0.15) is 21.7 Å². The SMILES string of the molecule is Cc1c(Cl)cccc1NC(=O)c1occc1CS(=O)(=O)c1ccccc1. The first-order valence-electron chi connectivity index (χ1n) is 7.79. The van der Waals surface area contributed by atoms with E-state index in [2.05, 4.69) is 5.32 Å². The quantitative estimate of drug-likeness (QED) is 0.698. The zero-order valence-electron chi connectivity index (χ0n) is 13.9. The number of hydrogen-bond donors (Lipinski definition) is 1. The summed E-state index contributed by atoms with van der Waals surface area (Å²) in [5.41, 5.74) is 1.55. The molecule has 0 atom stereocenters. The first-order chi connectivity index (χ1) is 12.4. The van der Waals surface area contributed by atoms with Crippen molar-refractivity contribution in [1.29, 1.82) is 0 Å². The first kappa shape index (κ1) is 18.2. The highest BCUT2D eigenvalue weighted by atomic mass is 35.5. The maximum atomic E-state index is 12.5. The van der Waals surface area contributed by atoms with Gasteiger partial charge >= 0.3 is 0 Å². The summed E-state index contributed by atoms with van der Waals surface area (Å²) >= 11 is 6.05. The topological polar surface area (TPSA) is 76.4 Å². The molecule has 0 unspecified atom stereocenters. The van der Waals surface area contributed by atoms with E-state index in [1.807, 2.05) is 0 Å². The van der Waals surface area contributed by atoms with Gasteiger partial charge in [0.15, 0.2) is 15.6 Å². The van der Waals surface area contributed by atoms with Gasteiger partial charge in [-0.15, -0.1) is 0 Å². The van der Waals surface area contributed by atoms with Crippen LogP contribution in [0.3, 0.4) is 0 Å². The average molecular weight is 390 g/mol. The Kier molecular flexibility index (Phi) is 5.15. The Morgan fingerprint density at radius 1 is 1.08 bits per heavy atom. The summed E-state index contributed by atoms with van der Waals surface area (Å²) < 4.78 is 30.3. The molecule has 0 saturated heterocycles. The van der Waals surface area contributed by atoms with Crippen LogP contribution in [0.2, 0.25) is 5.02 Å². The fourth-order valence-electron chi connectivity index (χ4n) is 2.49. The third-order valence-corrected chi connectivity index (χ3v) is 6.01. The number of rotatable bonds is 5. The molecule has 134 valence electrons. The molecule has 1 heterocycles. The van der Waals surface area contributed by atoms with Crippen LogP contribution in [0.5, 0.6) is 0 Å². The molecule has 0 aliphatic rings. The number of amides is 1. The number of carbonyl (C=O) groups is 1. The van der Waals surface area contributed by atoms with Crippen molar-refractivity contribution in [3.63, 3.8) is 0 Å². The number of sulfone groups is 1. The number of furan rings is 1. The molecule has 0 radical (unpaired) electrons. The summed E-state index contributed by atoms with van der Waals surface area (Å²) in [5.74, 6) is -0.896. The maximum Gasteiger partial charge on any atom is 0.291 e. The van der Waals surface area contributed by atoms with Crippen LogP contribution in [0.15, 0.2) is 70.2 Å². The summed E-state index contributed by atoms with van der Waals surface area (Å²) in [5, 5.41) is 3.23. The molecular formula is C19H16ClNO4S. The smallest absolute Gasteiger partial charge is 0.291 e. The van der Waals surface area contributed by atoms with Crippen molar-refractivity contribution in [2.45, 2.75) is 17.6 Å². The molecule has 1 amide bonds. The third kappa shape index (κ3) is 3.81. The molecule has 2 aromatic carbocycles. The molecule has 5 nitrogen and oxygen atoms in total. The van der Waals surface area contributed by atoms with Crippen molar-refractivity contribution < 1.29 is 17.6 Å². The minimum absolute atomic E-state index is 0.0381. The summed E-state index contributed by atoms with van der Waals surface area (Å²) in [6.45, 7) is 1.78. The normalized spacial score (nSPS) is 11.3. The first-order valence-corrected chi connectivity index (χ1v) is 9.82. The second kappa shape index (κ2) is 7.35. The van der Waals surface area contributed by atoms with Crippen molar-refractivity contribution in [2.75, 3.05) is 5.32 Å². The Hall–Kier alpha value is -2.57. The highest BCUT2D eigenvalue weighted by molar-refractivity contribution is 7.90. The monoisotopic (exact) mass is 389 g/mol. The Bertz CT molecular complexity index is 1040. The molecular weight excluding hydrogens is 374 g/mol. The van der Waals surface area contributed by atoms with Crippen LogP contribution >= 0.6 is 11.6 Å². The van der Waals surface area contributed by atoms with E-state index < -0.39 is 15.7 Å². The molecule has 26 heavy (non-hydrogen) atoms. The molecule has 0 fully saturated rings. The molecule has 0 saturated carbocycles. The average Bonchev–Trinajstić information content (AvgIpc) is 3.07. The molecule has 0 aliphatic heterocycles. The van der Waals surface area contributed by atoms with E-state index in [1.54, 1.807) is 43.3 Å². The third-order valence-electron chi connectivity index (χ3n) is 3.92.